The molecule has 2 N–H and O–H groups in total. The molecule has 3 amide bonds. The van der Waals surface area contributed by atoms with Crippen molar-refractivity contribution in [1.82, 2.24) is 15.6 Å². The number of benzene rings is 2. The lowest BCUT2D eigenvalue weighted by Gasteiger charge is -2.16. The van der Waals surface area contributed by atoms with Gasteiger partial charge in [-0.25, -0.2) is 14.6 Å². The number of pyridine rings is 1. The zero-order valence-electron chi connectivity index (χ0n) is 21.2. The predicted molar refractivity (Wildman–Crippen MR) is 140 cm³/mol. The van der Waals surface area contributed by atoms with Gasteiger partial charge in [-0.1, -0.05) is 30.3 Å². The average Bonchev–Trinajstić information content (AvgIpc) is 3.28. The Hall–Kier alpha value is -4.40. The number of carbonyl (C=O) groups excluding carboxylic acids is 3. The molecule has 0 fully saturated rings. The summed E-state index contributed by atoms with van der Waals surface area (Å²) < 4.78 is 16.5. The molecule has 0 bridgehead atoms. The second-order valence-corrected chi connectivity index (χ2v) is 8.48. The fourth-order valence-corrected chi connectivity index (χ4v) is 4.42. The van der Waals surface area contributed by atoms with Gasteiger partial charge in [-0.05, 0) is 56.0 Å². The number of nitrogens with zero attached hydrogens (tertiary/aromatic N) is 1. The molecule has 0 spiro atoms. The number of urea groups is 1. The van der Waals surface area contributed by atoms with Crippen molar-refractivity contribution in [3.05, 3.63) is 64.8 Å². The molecule has 1 aliphatic rings. The Labute approximate surface area is 214 Å². The van der Waals surface area contributed by atoms with Crippen molar-refractivity contribution in [2.75, 3.05) is 20.8 Å². The van der Waals surface area contributed by atoms with Crippen molar-refractivity contribution in [3.8, 4) is 11.5 Å². The Kier molecular flexibility index (Phi) is 7.71. The van der Waals surface area contributed by atoms with Crippen LogP contribution >= 0.6 is 0 Å². The lowest BCUT2D eigenvalue weighted by Crippen LogP contribution is -2.44. The van der Waals surface area contributed by atoms with E-state index in [0.717, 1.165) is 16.7 Å². The number of esters is 1. The van der Waals surface area contributed by atoms with Crippen LogP contribution in [0.1, 0.15) is 47.4 Å². The average molecular weight is 504 g/mol. The Morgan fingerprint density at radius 2 is 1.84 bits per heavy atom. The van der Waals surface area contributed by atoms with Crippen LogP contribution in [0, 0.1) is 0 Å². The molecule has 0 radical (unpaired) electrons. The van der Waals surface area contributed by atoms with E-state index in [2.05, 4.69) is 10.6 Å². The third-order valence-corrected chi connectivity index (χ3v) is 6.14. The maximum absolute atomic E-state index is 13.4. The highest BCUT2D eigenvalue weighted by atomic mass is 16.5. The molecule has 0 aliphatic heterocycles. The maximum atomic E-state index is 13.4. The third-order valence-electron chi connectivity index (χ3n) is 6.14. The quantitative estimate of drug-likeness (QED) is 0.466. The summed E-state index contributed by atoms with van der Waals surface area (Å²) in [4.78, 5) is 42.3. The lowest BCUT2D eigenvalue weighted by atomic mass is 10.0. The standard InChI is InChI=1S/C28H29N3O6/c1-5-29-28(34)31-26(32)16(2)37-27(33)23-19-10-6-7-11-21(19)30-24-17(13-14-20(23)24)15-18-9-8-12-22(35-3)25(18)36-4/h6-12,15-16H,5,13-14H2,1-4H3,(H2,29,31,32,34)/b17-15-. The van der Waals surface area contributed by atoms with Crippen molar-refractivity contribution in [1.29, 1.82) is 0 Å². The first-order valence-electron chi connectivity index (χ1n) is 12.0. The number of aromatic nitrogens is 1. The molecular weight excluding hydrogens is 474 g/mol. The number of methoxy groups -OCH3 is 2. The number of nitrogens with one attached hydrogen (secondary N) is 2. The van der Waals surface area contributed by atoms with Crippen LogP contribution in [-0.4, -0.2) is 49.8 Å². The van der Waals surface area contributed by atoms with Gasteiger partial charge in [-0.15, -0.1) is 0 Å². The van der Waals surface area contributed by atoms with Crippen LogP contribution in [0.3, 0.4) is 0 Å². The normalized spacial score (nSPS) is 14.1. The van der Waals surface area contributed by atoms with Crippen molar-refractivity contribution in [2.24, 2.45) is 0 Å². The number of carbonyl (C=O) groups is 3. The summed E-state index contributed by atoms with van der Waals surface area (Å²) in [7, 11) is 3.17. The van der Waals surface area contributed by atoms with Crippen molar-refractivity contribution in [2.45, 2.75) is 32.8 Å². The highest BCUT2D eigenvalue weighted by Crippen LogP contribution is 2.40. The highest BCUT2D eigenvalue weighted by molar-refractivity contribution is 6.08. The summed E-state index contributed by atoms with van der Waals surface area (Å²) in [6.07, 6.45) is 2.06. The van der Waals surface area contributed by atoms with Crippen molar-refractivity contribution in [3.63, 3.8) is 0 Å². The lowest BCUT2D eigenvalue weighted by molar-refractivity contribution is -0.127. The van der Waals surface area contributed by atoms with Gasteiger partial charge in [0.25, 0.3) is 5.91 Å². The molecule has 0 saturated heterocycles. The van der Waals surface area contributed by atoms with E-state index in [-0.39, 0.29) is 0 Å². The topological polar surface area (TPSA) is 116 Å². The monoisotopic (exact) mass is 503 g/mol. The zero-order chi connectivity index (χ0) is 26.5. The van der Waals surface area contributed by atoms with Crippen LogP contribution in [0.4, 0.5) is 4.79 Å². The molecule has 0 saturated carbocycles. The summed E-state index contributed by atoms with van der Waals surface area (Å²) in [6, 6.07) is 12.3. The molecule has 3 aromatic rings. The fourth-order valence-electron chi connectivity index (χ4n) is 4.42. The number of amides is 3. The molecule has 1 atom stereocenters. The third kappa shape index (κ3) is 5.25. The summed E-state index contributed by atoms with van der Waals surface area (Å²) in [5.74, 6) is -0.127. The summed E-state index contributed by atoms with van der Waals surface area (Å²) in [5, 5.41) is 5.29. The number of hydrogen-bond donors (Lipinski definition) is 2. The van der Waals surface area contributed by atoms with E-state index >= 15 is 0 Å². The Bertz CT molecular complexity index is 1400. The molecule has 2 aromatic carbocycles. The summed E-state index contributed by atoms with van der Waals surface area (Å²) >= 11 is 0. The van der Waals surface area contributed by atoms with Crippen molar-refractivity contribution < 1.29 is 28.6 Å². The highest BCUT2D eigenvalue weighted by Gasteiger charge is 2.30. The van der Waals surface area contributed by atoms with Gasteiger partial charge >= 0.3 is 12.0 Å². The minimum absolute atomic E-state index is 0.361. The number of hydrogen-bond acceptors (Lipinski definition) is 7. The first-order valence-corrected chi connectivity index (χ1v) is 12.0. The SMILES string of the molecule is CCNC(=O)NC(=O)C(C)OC(=O)c1c2c(nc3ccccc13)/C(=C\c1cccc(OC)c1OC)CC2. The number of ether oxygens (including phenoxy) is 3. The number of para-hydroxylation sites is 2. The van der Waals surface area contributed by atoms with Crippen LogP contribution in [0.15, 0.2) is 42.5 Å². The zero-order valence-corrected chi connectivity index (χ0v) is 21.2. The van der Waals surface area contributed by atoms with E-state index in [4.69, 9.17) is 19.2 Å². The van der Waals surface area contributed by atoms with E-state index in [1.807, 2.05) is 48.5 Å². The maximum Gasteiger partial charge on any atom is 0.339 e. The molecule has 4 rings (SSSR count). The van der Waals surface area contributed by atoms with Gasteiger partial charge in [0, 0.05) is 17.5 Å². The van der Waals surface area contributed by atoms with Gasteiger partial charge in [-0.3, -0.25) is 10.1 Å². The van der Waals surface area contributed by atoms with Gasteiger partial charge in [0.15, 0.2) is 17.6 Å². The van der Waals surface area contributed by atoms with E-state index in [1.54, 1.807) is 21.1 Å². The molecule has 1 heterocycles. The van der Waals surface area contributed by atoms with E-state index in [1.165, 1.54) is 6.92 Å². The molecule has 192 valence electrons. The number of imide groups is 1. The molecule has 9 nitrogen and oxygen atoms in total. The van der Waals surface area contributed by atoms with Gasteiger partial charge in [0.1, 0.15) is 0 Å². The number of allylic oxidation sites excluding steroid dienone is 1. The van der Waals surface area contributed by atoms with Gasteiger partial charge in [-0.2, -0.15) is 0 Å². The smallest absolute Gasteiger partial charge is 0.339 e. The van der Waals surface area contributed by atoms with Crippen LogP contribution in [0.25, 0.3) is 22.6 Å². The molecule has 1 aliphatic carbocycles. The second kappa shape index (κ2) is 11.1. The van der Waals surface area contributed by atoms with Gasteiger partial charge < -0.3 is 19.5 Å². The molecular formula is C28H29N3O6. The first kappa shape index (κ1) is 25.7. The van der Waals surface area contributed by atoms with Gasteiger partial charge in [0.2, 0.25) is 0 Å². The van der Waals surface area contributed by atoms with E-state index in [0.29, 0.717) is 53.0 Å². The molecule has 9 heteroatoms. The largest absolute Gasteiger partial charge is 0.493 e. The Balaban J connectivity index is 1.72. The summed E-state index contributed by atoms with van der Waals surface area (Å²) in [5.41, 5.74) is 4.25. The van der Waals surface area contributed by atoms with Gasteiger partial charge in [0.05, 0.1) is 31.0 Å². The molecule has 1 unspecified atom stereocenters. The van der Waals surface area contributed by atoms with Crippen LogP contribution in [0.5, 0.6) is 11.5 Å². The number of fused-ring (bicyclic) bond motifs is 2. The number of rotatable bonds is 7. The molecule has 1 aromatic heterocycles. The summed E-state index contributed by atoms with van der Waals surface area (Å²) in [6.45, 7) is 3.52. The van der Waals surface area contributed by atoms with Crippen LogP contribution in [-0.2, 0) is 16.0 Å². The fraction of sp³-hybridized carbons (Fsp3) is 0.286. The second-order valence-electron chi connectivity index (χ2n) is 8.48. The Morgan fingerprint density at radius 1 is 1.05 bits per heavy atom. The van der Waals surface area contributed by atoms with E-state index < -0.39 is 24.0 Å². The van der Waals surface area contributed by atoms with Crippen molar-refractivity contribution >= 4 is 40.5 Å². The Morgan fingerprint density at radius 3 is 2.57 bits per heavy atom. The molecule has 37 heavy (non-hydrogen) atoms. The predicted octanol–water partition coefficient (Wildman–Crippen LogP) is 4.13. The van der Waals surface area contributed by atoms with E-state index in [9.17, 15) is 14.4 Å². The first-order chi connectivity index (χ1) is 17.9. The van der Waals surface area contributed by atoms with Crippen LogP contribution < -0.4 is 20.1 Å². The minimum Gasteiger partial charge on any atom is -0.493 e. The minimum atomic E-state index is -1.17. The van der Waals surface area contributed by atoms with Crippen LogP contribution in [0.2, 0.25) is 0 Å².